The van der Waals surface area contributed by atoms with Crippen LogP contribution in [0, 0.1) is 10.8 Å². The quantitative estimate of drug-likeness (QED) is 0.543. The molecule has 0 saturated heterocycles. The standard InChI is InChI=1S/C27H34O6/c1-26(2,3)15-22(27(4,5)25(29)30)33-23-19(12-14-21(31-6)24(23)32-7)16-9-8-10-18-17(16)11-13-20(18)28/h8-10,12,14,22H,11,13,15H2,1-7H3,(H,29,30). The molecule has 1 N–H and O–H groups in total. The maximum Gasteiger partial charge on any atom is 0.312 e. The number of aliphatic carboxylic acids is 1. The number of Topliss-reactive ketones (excluding diaryl/α,β-unsaturated/α-hetero) is 1. The predicted molar refractivity (Wildman–Crippen MR) is 128 cm³/mol. The minimum Gasteiger partial charge on any atom is -0.493 e. The van der Waals surface area contributed by atoms with Gasteiger partial charge in [-0.15, -0.1) is 0 Å². The molecule has 0 amide bonds. The molecule has 1 atom stereocenters. The van der Waals surface area contributed by atoms with E-state index in [1.807, 2.05) is 24.3 Å². The van der Waals surface area contributed by atoms with Gasteiger partial charge in [0.1, 0.15) is 6.10 Å². The van der Waals surface area contributed by atoms with Gasteiger partial charge in [0.05, 0.1) is 19.6 Å². The van der Waals surface area contributed by atoms with E-state index in [0.717, 1.165) is 22.3 Å². The lowest BCUT2D eigenvalue weighted by molar-refractivity contribution is -0.153. The zero-order valence-electron chi connectivity index (χ0n) is 20.6. The molecule has 0 aromatic heterocycles. The van der Waals surface area contributed by atoms with Gasteiger partial charge in [0.2, 0.25) is 5.75 Å². The summed E-state index contributed by atoms with van der Waals surface area (Å²) < 4.78 is 17.8. The van der Waals surface area contributed by atoms with E-state index in [0.29, 0.717) is 36.5 Å². The SMILES string of the molecule is COc1ccc(-c2cccc3c2CCC3=O)c(OC(CC(C)(C)C)C(C)(C)C(=O)O)c1OC. The van der Waals surface area contributed by atoms with Gasteiger partial charge in [-0.25, -0.2) is 0 Å². The van der Waals surface area contributed by atoms with Crippen molar-refractivity contribution in [2.24, 2.45) is 10.8 Å². The molecule has 0 bridgehead atoms. The van der Waals surface area contributed by atoms with Gasteiger partial charge in [-0.2, -0.15) is 0 Å². The Balaban J connectivity index is 2.23. The summed E-state index contributed by atoms with van der Waals surface area (Å²) in [6.07, 6.45) is 1.00. The van der Waals surface area contributed by atoms with Crippen molar-refractivity contribution in [1.29, 1.82) is 0 Å². The Kier molecular flexibility index (Phi) is 6.78. The Bertz CT molecular complexity index is 1060. The molecule has 0 spiro atoms. The number of ether oxygens (including phenoxy) is 3. The van der Waals surface area contributed by atoms with Crippen LogP contribution in [0.3, 0.4) is 0 Å². The van der Waals surface area contributed by atoms with Crippen molar-refractivity contribution in [1.82, 2.24) is 0 Å². The number of ketones is 1. The first-order valence-electron chi connectivity index (χ1n) is 11.2. The number of benzene rings is 2. The third-order valence-corrected chi connectivity index (χ3v) is 6.28. The minimum atomic E-state index is -1.16. The number of carbonyl (C=O) groups is 2. The normalized spacial score (nSPS) is 14.6. The lowest BCUT2D eigenvalue weighted by Crippen LogP contribution is -2.43. The topological polar surface area (TPSA) is 82.1 Å². The zero-order valence-corrected chi connectivity index (χ0v) is 20.6. The second-order valence-corrected chi connectivity index (χ2v) is 10.3. The maximum absolute atomic E-state index is 12.4. The molecule has 0 saturated carbocycles. The molecular weight excluding hydrogens is 420 g/mol. The van der Waals surface area contributed by atoms with Crippen LogP contribution in [0.1, 0.15) is 63.4 Å². The van der Waals surface area contributed by atoms with Crippen LogP contribution in [0.15, 0.2) is 30.3 Å². The second kappa shape index (κ2) is 9.08. The first-order chi connectivity index (χ1) is 15.4. The molecule has 178 valence electrons. The van der Waals surface area contributed by atoms with E-state index in [-0.39, 0.29) is 11.2 Å². The highest BCUT2D eigenvalue weighted by atomic mass is 16.5. The molecule has 2 aromatic rings. The predicted octanol–water partition coefficient (Wildman–Crippen LogP) is 5.79. The third kappa shape index (κ3) is 4.85. The Morgan fingerprint density at radius 2 is 1.61 bits per heavy atom. The van der Waals surface area contributed by atoms with E-state index in [1.165, 1.54) is 7.11 Å². The molecule has 0 fully saturated rings. The first kappa shape index (κ1) is 24.6. The fourth-order valence-electron chi connectivity index (χ4n) is 4.25. The van der Waals surface area contributed by atoms with E-state index >= 15 is 0 Å². The van der Waals surface area contributed by atoms with Crippen LogP contribution in [0.2, 0.25) is 0 Å². The van der Waals surface area contributed by atoms with E-state index < -0.39 is 17.5 Å². The van der Waals surface area contributed by atoms with Gasteiger partial charge < -0.3 is 19.3 Å². The van der Waals surface area contributed by atoms with Crippen LogP contribution in [-0.4, -0.2) is 37.2 Å². The summed E-state index contributed by atoms with van der Waals surface area (Å²) in [6, 6.07) is 9.37. The van der Waals surface area contributed by atoms with Gasteiger partial charge in [-0.05, 0) is 55.4 Å². The fraction of sp³-hybridized carbons (Fsp3) is 0.481. The highest BCUT2D eigenvalue weighted by molar-refractivity contribution is 6.02. The van der Waals surface area contributed by atoms with Crippen LogP contribution in [-0.2, 0) is 11.2 Å². The lowest BCUT2D eigenvalue weighted by atomic mass is 9.77. The Morgan fingerprint density at radius 3 is 2.18 bits per heavy atom. The minimum absolute atomic E-state index is 0.132. The van der Waals surface area contributed by atoms with E-state index in [9.17, 15) is 14.7 Å². The maximum atomic E-state index is 12.4. The average Bonchev–Trinajstić information content (AvgIpc) is 3.12. The first-order valence-corrected chi connectivity index (χ1v) is 11.2. The molecule has 1 aliphatic carbocycles. The average molecular weight is 455 g/mol. The Morgan fingerprint density at radius 1 is 0.939 bits per heavy atom. The molecule has 6 nitrogen and oxygen atoms in total. The van der Waals surface area contributed by atoms with E-state index in [4.69, 9.17) is 14.2 Å². The Labute approximate surface area is 195 Å². The van der Waals surface area contributed by atoms with Crippen molar-refractivity contribution in [2.45, 2.75) is 60.0 Å². The number of carboxylic acid groups (broad SMARTS) is 1. The second-order valence-electron chi connectivity index (χ2n) is 10.3. The summed E-state index contributed by atoms with van der Waals surface area (Å²) in [7, 11) is 3.09. The monoisotopic (exact) mass is 454 g/mol. The molecule has 6 heteroatoms. The van der Waals surface area contributed by atoms with Gasteiger partial charge in [0.25, 0.3) is 0 Å². The summed E-state index contributed by atoms with van der Waals surface area (Å²) in [4.78, 5) is 24.5. The molecule has 33 heavy (non-hydrogen) atoms. The molecule has 3 rings (SSSR count). The number of fused-ring (bicyclic) bond motifs is 1. The van der Waals surface area contributed by atoms with Crippen LogP contribution in [0.25, 0.3) is 11.1 Å². The van der Waals surface area contributed by atoms with Crippen molar-refractivity contribution >= 4 is 11.8 Å². The molecule has 0 radical (unpaired) electrons. The third-order valence-electron chi connectivity index (χ3n) is 6.28. The molecule has 0 aliphatic heterocycles. The van der Waals surface area contributed by atoms with Crippen LogP contribution < -0.4 is 14.2 Å². The lowest BCUT2D eigenvalue weighted by Gasteiger charge is -2.36. The summed E-state index contributed by atoms with van der Waals surface area (Å²) in [5.41, 5.74) is 2.00. The highest BCUT2D eigenvalue weighted by Gasteiger charge is 2.42. The Hall–Kier alpha value is -3.02. The van der Waals surface area contributed by atoms with Crippen molar-refractivity contribution in [3.8, 4) is 28.4 Å². The van der Waals surface area contributed by atoms with Crippen LogP contribution in [0.4, 0.5) is 0 Å². The number of methoxy groups -OCH3 is 2. The summed E-state index contributed by atoms with van der Waals surface area (Å²) in [5, 5.41) is 9.98. The molecule has 2 aromatic carbocycles. The largest absolute Gasteiger partial charge is 0.493 e. The number of hydrogen-bond acceptors (Lipinski definition) is 5. The van der Waals surface area contributed by atoms with Crippen molar-refractivity contribution in [2.75, 3.05) is 14.2 Å². The van der Waals surface area contributed by atoms with Gasteiger partial charge >= 0.3 is 5.97 Å². The van der Waals surface area contributed by atoms with Gasteiger partial charge in [0.15, 0.2) is 17.3 Å². The van der Waals surface area contributed by atoms with Crippen molar-refractivity contribution < 1.29 is 28.9 Å². The van der Waals surface area contributed by atoms with Gasteiger partial charge in [0, 0.05) is 17.5 Å². The molecule has 1 unspecified atom stereocenters. The van der Waals surface area contributed by atoms with Gasteiger partial charge in [-0.3, -0.25) is 9.59 Å². The van der Waals surface area contributed by atoms with Crippen molar-refractivity contribution in [3.05, 3.63) is 41.5 Å². The molecule has 1 aliphatic rings. The number of carboxylic acids is 1. The number of rotatable bonds is 8. The summed E-state index contributed by atoms with van der Waals surface area (Å²) >= 11 is 0. The highest BCUT2D eigenvalue weighted by Crippen LogP contribution is 2.48. The smallest absolute Gasteiger partial charge is 0.312 e. The van der Waals surface area contributed by atoms with Crippen LogP contribution in [0.5, 0.6) is 17.2 Å². The van der Waals surface area contributed by atoms with Crippen molar-refractivity contribution in [3.63, 3.8) is 0 Å². The van der Waals surface area contributed by atoms with E-state index in [2.05, 4.69) is 20.8 Å². The fourth-order valence-corrected chi connectivity index (χ4v) is 4.25. The van der Waals surface area contributed by atoms with E-state index in [1.54, 1.807) is 27.0 Å². The molecular formula is C27H34O6. The van der Waals surface area contributed by atoms with Crippen LogP contribution >= 0.6 is 0 Å². The molecule has 0 heterocycles. The zero-order chi connectivity index (χ0) is 24.6. The number of carbonyl (C=O) groups excluding carboxylic acids is 1. The number of hydrogen-bond donors (Lipinski definition) is 1. The summed E-state index contributed by atoms with van der Waals surface area (Å²) in [5.74, 6) is 0.506. The summed E-state index contributed by atoms with van der Waals surface area (Å²) in [6.45, 7) is 9.52. The van der Waals surface area contributed by atoms with Gasteiger partial charge in [-0.1, -0.05) is 39.0 Å².